The summed E-state index contributed by atoms with van der Waals surface area (Å²) in [6.45, 7) is 0. The molecule has 0 radical (unpaired) electrons. The van der Waals surface area contributed by atoms with Crippen LogP contribution in [0, 0.1) is 0 Å². The van der Waals surface area contributed by atoms with Gasteiger partial charge in [0, 0.05) is 4.90 Å². The Morgan fingerprint density at radius 2 is 1.28 bits per heavy atom. The molecule has 0 unspecified atom stereocenters. The minimum Gasteiger partial charge on any atom is -1.00 e. The second-order valence-corrected chi connectivity index (χ2v) is 10.9. The van der Waals surface area contributed by atoms with Crippen molar-refractivity contribution in [2.24, 2.45) is 0 Å². The second kappa shape index (κ2) is 12.6. The first-order chi connectivity index (χ1) is 16.2. The van der Waals surface area contributed by atoms with Gasteiger partial charge in [0.1, 0.15) is 0 Å². The number of hydrogen-bond donors (Lipinski definition) is 0. The Morgan fingerprint density at radius 1 is 0.611 bits per heavy atom. The van der Waals surface area contributed by atoms with Crippen LogP contribution in [0.15, 0.2) is 128 Å². The molecule has 8 rings (SSSR count). The predicted molar refractivity (Wildman–Crippen MR) is 149 cm³/mol. The summed E-state index contributed by atoms with van der Waals surface area (Å²) in [6, 6.07) is 38.8. The number of rotatable bonds is 1. The molecule has 2 heterocycles. The summed E-state index contributed by atoms with van der Waals surface area (Å²) in [4.78, 5) is 2.70. The number of halogens is 4. The van der Waals surface area contributed by atoms with E-state index in [1.54, 1.807) is 0 Å². The van der Waals surface area contributed by atoms with Gasteiger partial charge < -0.3 is 24.8 Å². The van der Waals surface area contributed by atoms with Crippen molar-refractivity contribution in [3.05, 3.63) is 118 Å². The molecule has 0 spiro atoms. The summed E-state index contributed by atoms with van der Waals surface area (Å²) in [6.07, 6.45) is 0. The smallest absolute Gasteiger partial charge is 1.00 e. The summed E-state index contributed by atoms with van der Waals surface area (Å²) in [5.41, 5.74) is 5.15. The molecule has 2 aliphatic rings. The van der Waals surface area contributed by atoms with Crippen LogP contribution >= 0.6 is 43.6 Å². The fourth-order valence-electron chi connectivity index (χ4n) is 4.38. The quantitative estimate of drug-likeness (QED) is 0.225. The van der Waals surface area contributed by atoms with Gasteiger partial charge in [-0.15, -0.1) is 65.5 Å². The third kappa shape index (κ3) is 5.65. The van der Waals surface area contributed by atoms with Crippen molar-refractivity contribution in [3.8, 4) is 22.3 Å². The Kier molecular flexibility index (Phi) is 10.3. The third-order valence-corrected chi connectivity index (χ3v) is 8.49. The third-order valence-electron chi connectivity index (χ3n) is 6.03. The molecule has 0 amide bonds. The molecule has 6 aromatic rings. The van der Waals surface area contributed by atoms with Crippen LogP contribution in [0.25, 0.3) is 43.8 Å². The molecule has 2 bridgehead atoms. The first kappa shape index (κ1) is 29.4. The maximum absolute atomic E-state index is 3.67. The van der Waals surface area contributed by atoms with Crippen LogP contribution in [0.2, 0.25) is 0 Å². The van der Waals surface area contributed by atoms with Crippen molar-refractivity contribution >= 4 is 65.2 Å². The fraction of sp³-hybridized carbons (Fsp3) is 0. The van der Waals surface area contributed by atoms with Gasteiger partial charge in [-0.25, -0.2) is 0 Å². The van der Waals surface area contributed by atoms with Crippen LogP contribution in [0.3, 0.4) is 0 Å². The molecule has 0 nitrogen and oxygen atoms in total. The normalized spacial score (nSPS) is 10.8. The molecule has 6 heteroatoms. The van der Waals surface area contributed by atoms with Gasteiger partial charge in [0.2, 0.25) is 0 Å². The van der Waals surface area contributed by atoms with Gasteiger partial charge in [-0.05, 0) is 39.3 Å². The molecule has 0 saturated carbocycles. The second-order valence-electron chi connectivity index (χ2n) is 8.07. The van der Waals surface area contributed by atoms with Gasteiger partial charge in [0.05, 0.1) is 0 Å². The summed E-state index contributed by atoms with van der Waals surface area (Å²) in [5.74, 6) is 0. The van der Waals surface area contributed by atoms with E-state index in [-0.39, 0.29) is 51.0 Å². The SMILES string of the molecule is Brc1cc(-c2ccccc2)cc2cc[cH-]c12.Brc1cc2c(c3cc[cH-]c13)Sc1ccc-2cc1.[Cl-].[Cl-].[Zr+4]. The van der Waals surface area contributed by atoms with E-state index in [0.29, 0.717) is 0 Å². The molecule has 36 heavy (non-hydrogen) atoms. The summed E-state index contributed by atoms with van der Waals surface area (Å²) in [7, 11) is 0. The first-order valence-electron chi connectivity index (χ1n) is 10.7. The average Bonchev–Trinajstić information content (AvgIpc) is 3.47. The standard InChI is InChI=1S/C15H8BrS.C15H10Br.2ClH.Zr/c16-14-8-13-9-4-6-10(7-5-9)17-15(13)12-3-1-2-11(12)14;16-15-10-13(11-5-2-1-3-6-11)9-12-7-4-8-14(12)15;;;/h1-8H;1-10H;2*1H;/q2*-1;;;+4/p-2. The molecule has 0 N–H and O–H groups in total. The largest absolute Gasteiger partial charge is 4.00 e. The average molecular weight is 732 g/mol. The van der Waals surface area contributed by atoms with Crippen LogP contribution in [0.1, 0.15) is 0 Å². The molecular weight excluding hydrogens is 714 g/mol. The fourth-order valence-corrected chi connectivity index (χ4v) is 6.65. The van der Waals surface area contributed by atoms with Crippen LogP contribution in [-0.2, 0) is 26.2 Å². The van der Waals surface area contributed by atoms with Crippen LogP contribution in [-0.4, -0.2) is 0 Å². The van der Waals surface area contributed by atoms with Crippen molar-refractivity contribution in [3.63, 3.8) is 0 Å². The van der Waals surface area contributed by atoms with E-state index >= 15 is 0 Å². The Bertz CT molecular complexity index is 1610. The van der Waals surface area contributed by atoms with E-state index in [0.717, 1.165) is 4.47 Å². The molecule has 0 atom stereocenters. The molecule has 0 saturated heterocycles. The van der Waals surface area contributed by atoms with Gasteiger partial charge in [-0.3, -0.25) is 0 Å². The van der Waals surface area contributed by atoms with Crippen molar-refractivity contribution in [1.82, 2.24) is 0 Å². The van der Waals surface area contributed by atoms with E-state index in [1.165, 1.54) is 58.1 Å². The van der Waals surface area contributed by atoms with Gasteiger partial charge >= 0.3 is 26.2 Å². The van der Waals surface area contributed by atoms with E-state index in [2.05, 4.69) is 135 Å². The molecular formula is C30H18Br2Cl2SZr. The molecule has 6 aromatic carbocycles. The Labute approximate surface area is 263 Å². The number of fused-ring (bicyclic) bond motifs is 4. The topological polar surface area (TPSA) is 0 Å². The van der Waals surface area contributed by atoms with E-state index in [9.17, 15) is 0 Å². The number of hydrogen-bond acceptors (Lipinski definition) is 1. The Balaban J connectivity index is 0.000000185. The summed E-state index contributed by atoms with van der Waals surface area (Å²) < 4.78 is 2.34. The van der Waals surface area contributed by atoms with Crippen molar-refractivity contribution in [2.45, 2.75) is 9.79 Å². The van der Waals surface area contributed by atoms with Crippen LogP contribution < -0.4 is 24.8 Å². The van der Waals surface area contributed by atoms with Crippen LogP contribution in [0.5, 0.6) is 0 Å². The zero-order chi connectivity index (χ0) is 22.4. The Morgan fingerprint density at radius 3 is 2.03 bits per heavy atom. The zero-order valence-electron chi connectivity index (χ0n) is 18.8. The zero-order valence-corrected chi connectivity index (χ0v) is 26.8. The van der Waals surface area contributed by atoms with Crippen molar-refractivity contribution in [2.75, 3.05) is 0 Å². The number of benzene rings is 4. The minimum atomic E-state index is 0. The van der Waals surface area contributed by atoms with E-state index in [4.69, 9.17) is 0 Å². The summed E-state index contributed by atoms with van der Waals surface area (Å²) >= 11 is 9.16. The van der Waals surface area contributed by atoms with Gasteiger partial charge in [-0.1, -0.05) is 81.4 Å². The van der Waals surface area contributed by atoms with Gasteiger partial charge in [-0.2, -0.15) is 24.3 Å². The molecule has 176 valence electrons. The monoisotopic (exact) mass is 728 g/mol. The van der Waals surface area contributed by atoms with E-state index < -0.39 is 0 Å². The minimum absolute atomic E-state index is 0. The molecule has 2 aliphatic heterocycles. The van der Waals surface area contributed by atoms with Crippen LogP contribution in [0.4, 0.5) is 0 Å². The van der Waals surface area contributed by atoms with E-state index in [1.807, 2.05) is 17.8 Å². The molecule has 0 aliphatic carbocycles. The van der Waals surface area contributed by atoms with Crippen molar-refractivity contribution < 1.29 is 51.0 Å². The first-order valence-corrected chi connectivity index (χ1v) is 13.1. The predicted octanol–water partition coefficient (Wildman–Crippen LogP) is 4.45. The Hall–Kier alpha value is -1.13. The van der Waals surface area contributed by atoms with Gasteiger partial charge in [0.15, 0.2) is 0 Å². The maximum Gasteiger partial charge on any atom is 4.00 e. The van der Waals surface area contributed by atoms with Gasteiger partial charge in [0.25, 0.3) is 0 Å². The molecule has 0 fully saturated rings. The maximum atomic E-state index is 3.67. The van der Waals surface area contributed by atoms with Crippen molar-refractivity contribution in [1.29, 1.82) is 0 Å². The summed E-state index contributed by atoms with van der Waals surface area (Å²) in [5, 5.41) is 5.22. The molecule has 0 aromatic heterocycles.